The van der Waals surface area contributed by atoms with Crippen molar-refractivity contribution in [2.75, 3.05) is 19.7 Å². The molecule has 0 radical (unpaired) electrons. The van der Waals surface area contributed by atoms with E-state index in [-0.39, 0.29) is 18.1 Å². The van der Waals surface area contributed by atoms with Crippen molar-refractivity contribution in [1.82, 2.24) is 4.90 Å². The van der Waals surface area contributed by atoms with Crippen molar-refractivity contribution in [3.05, 3.63) is 35.9 Å². The number of amides is 1. The van der Waals surface area contributed by atoms with Crippen LogP contribution in [0.25, 0.3) is 0 Å². The second kappa shape index (κ2) is 5.63. The van der Waals surface area contributed by atoms with Crippen LogP contribution in [0.2, 0.25) is 0 Å². The van der Waals surface area contributed by atoms with Crippen LogP contribution >= 0.6 is 0 Å². The first-order chi connectivity index (χ1) is 9.74. The predicted octanol–water partition coefficient (Wildman–Crippen LogP) is 1.75. The lowest BCUT2D eigenvalue weighted by atomic mass is 10.0. The Morgan fingerprint density at radius 3 is 2.90 bits per heavy atom. The molecule has 0 saturated carbocycles. The number of hydrogen-bond donors (Lipinski definition) is 0. The minimum absolute atomic E-state index is 0.0291. The Labute approximate surface area is 118 Å². The molecule has 2 heterocycles. The monoisotopic (exact) mass is 274 g/mol. The third kappa shape index (κ3) is 2.67. The highest BCUT2D eigenvalue weighted by Gasteiger charge is 2.31. The van der Waals surface area contributed by atoms with Crippen LogP contribution in [-0.2, 0) is 14.4 Å². The van der Waals surface area contributed by atoms with Gasteiger partial charge in [0.25, 0.3) is 5.91 Å². The SMILES string of the molecule is CC1CN(C(=O)C2=NOC(c3ccccc3)C2)CCO1. The Bertz CT molecular complexity index is 515. The van der Waals surface area contributed by atoms with E-state index in [1.807, 2.05) is 37.3 Å². The molecule has 5 heteroatoms. The average Bonchev–Trinajstić information content (AvgIpc) is 2.97. The molecule has 2 aliphatic heterocycles. The molecule has 2 unspecified atom stereocenters. The van der Waals surface area contributed by atoms with Crippen LogP contribution in [0.15, 0.2) is 35.5 Å². The number of morpholine rings is 1. The Kier molecular flexibility index (Phi) is 3.69. The number of nitrogens with zero attached hydrogens (tertiary/aromatic N) is 2. The molecular weight excluding hydrogens is 256 g/mol. The van der Waals surface area contributed by atoms with Crippen molar-refractivity contribution in [3.63, 3.8) is 0 Å². The van der Waals surface area contributed by atoms with Gasteiger partial charge in [0.1, 0.15) is 5.71 Å². The maximum Gasteiger partial charge on any atom is 0.271 e. The number of benzene rings is 1. The van der Waals surface area contributed by atoms with E-state index in [1.165, 1.54) is 0 Å². The van der Waals surface area contributed by atoms with Gasteiger partial charge in [0.2, 0.25) is 0 Å². The normalized spacial score (nSPS) is 26.1. The van der Waals surface area contributed by atoms with Crippen LogP contribution in [0, 0.1) is 0 Å². The molecule has 20 heavy (non-hydrogen) atoms. The van der Waals surface area contributed by atoms with Crippen LogP contribution in [0.1, 0.15) is 25.0 Å². The first kappa shape index (κ1) is 13.1. The van der Waals surface area contributed by atoms with E-state index < -0.39 is 0 Å². The molecule has 1 fully saturated rings. The number of hydrogen-bond acceptors (Lipinski definition) is 4. The maximum absolute atomic E-state index is 12.4. The summed E-state index contributed by atoms with van der Waals surface area (Å²) >= 11 is 0. The predicted molar refractivity (Wildman–Crippen MR) is 74.3 cm³/mol. The Morgan fingerprint density at radius 2 is 2.15 bits per heavy atom. The molecule has 2 atom stereocenters. The zero-order valence-corrected chi connectivity index (χ0v) is 11.5. The van der Waals surface area contributed by atoms with Gasteiger partial charge >= 0.3 is 0 Å². The van der Waals surface area contributed by atoms with E-state index in [2.05, 4.69) is 5.16 Å². The van der Waals surface area contributed by atoms with Crippen molar-refractivity contribution in [2.24, 2.45) is 5.16 Å². The quantitative estimate of drug-likeness (QED) is 0.825. The molecule has 0 spiro atoms. The number of carbonyl (C=O) groups is 1. The van der Waals surface area contributed by atoms with Crippen LogP contribution in [0.4, 0.5) is 0 Å². The summed E-state index contributed by atoms with van der Waals surface area (Å²) in [5.41, 5.74) is 1.56. The molecule has 0 bridgehead atoms. The summed E-state index contributed by atoms with van der Waals surface area (Å²) in [6, 6.07) is 9.86. The van der Waals surface area contributed by atoms with E-state index >= 15 is 0 Å². The molecule has 1 aromatic carbocycles. The third-order valence-electron chi connectivity index (χ3n) is 3.62. The lowest BCUT2D eigenvalue weighted by Crippen LogP contribution is -2.47. The topological polar surface area (TPSA) is 51.1 Å². The molecule has 0 N–H and O–H groups in total. The first-order valence-corrected chi connectivity index (χ1v) is 6.92. The summed E-state index contributed by atoms with van der Waals surface area (Å²) in [4.78, 5) is 19.6. The van der Waals surface area contributed by atoms with E-state index in [4.69, 9.17) is 9.57 Å². The zero-order chi connectivity index (χ0) is 13.9. The molecule has 1 saturated heterocycles. The van der Waals surface area contributed by atoms with Crippen LogP contribution in [0.5, 0.6) is 0 Å². The molecule has 1 aromatic rings. The number of ether oxygens (including phenoxy) is 1. The van der Waals surface area contributed by atoms with E-state index in [1.54, 1.807) is 4.90 Å². The van der Waals surface area contributed by atoms with E-state index in [0.717, 1.165) is 5.56 Å². The Balaban J connectivity index is 1.63. The fourth-order valence-electron chi connectivity index (χ4n) is 2.54. The van der Waals surface area contributed by atoms with Gasteiger partial charge in [-0.1, -0.05) is 35.5 Å². The van der Waals surface area contributed by atoms with Gasteiger partial charge in [-0.25, -0.2) is 0 Å². The molecule has 106 valence electrons. The van der Waals surface area contributed by atoms with Crippen molar-refractivity contribution < 1.29 is 14.4 Å². The fourth-order valence-corrected chi connectivity index (χ4v) is 2.54. The molecule has 1 amide bonds. The summed E-state index contributed by atoms with van der Waals surface area (Å²) in [6.07, 6.45) is 0.475. The van der Waals surface area contributed by atoms with Crippen LogP contribution < -0.4 is 0 Å². The molecule has 0 aliphatic carbocycles. The van der Waals surface area contributed by atoms with Gasteiger partial charge in [0, 0.05) is 19.5 Å². The van der Waals surface area contributed by atoms with Crippen molar-refractivity contribution >= 4 is 11.6 Å². The van der Waals surface area contributed by atoms with Crippen molar-refractivity contribution in [3.8, 4) is 0 Å². The lowest BCUT2D eigenvalue weighted by molar-refractivity contribution is -0.131. The summed E-state index contributed by atoms with van der Waals surface area (Å²) < 4.78 is 5.45. The van der Waals surface area contributed by atoms with Gasteiger partial charge in [0.15, 0.2) is 6.10 Å². The van der Waals surface area contributed by atoms with Crippen molar-refractivity contribution in [1.29, 1.82) is 0 Å². The highest BCUT2D eigenvalue weighted by Crippen LogP contribution is 2.27. The summed E-state index contributed by atoms with van der Waals surface area (Å²) in [5.74, 6) is -0.0291. The molecule has 3 rings (SSSR count). The Morgan fingerprint density at radius 1 is 1.35 bits per heavy atom. The second-order valence-corrected chi connectivity index (χ2v) is 5.18. The highest BCUT2D eigenvalue weighted by molar-refractivity contribution is 6.39. The highest BCUT2D eigenvalue weighted by atomic mass is 16.6. The van der Waals surface area contributed by atoms with E-state index in [0.29, 0.717) is 31.8 Å². The number of oxime groups is 1. The summed E-state index contributed by atoms with van der Waals surface area (Å²) in [7, 11) is 0. The third-order valence-corrected chi connectivity index (χ3v) is 3.62. The number of carbonyl (C=O) groups excluding carboxylic acids is 1. The molecular formula is C15H18N2O3. The van der Waals surface area contributed by atoms with Gasteiger partial charge in [-0.3, -0.25) is 4.79 Å². The average molecular weight is 274 g/mol. The minimum Gasteiger partial charge on any atom is -0.387 e. The molecule has 5 nitrogen and oxygen atoms in total. The van der Waals surface area contributed by atoms with E-state index in [9.17, 15) is 4.79 Å². The second-order valence-electron chi connectivity index (χ2n) is 5.18. The summed E-state index contributed by atoms with van der Waals surface area (Å²) in [5, 5.41) is 3.98. The fraction of sp³-hybridized carbons (Fsp3) is 0.467. The maximum atomic E-state index is 12.4. The van der Waals surface area contributed by atoms with Gasteiger partial charge < -0.3 is 14.5 Å². The van der Waals surface area contributed by atoms with Crippen LogP contribution in [-0.4, -0.2) is 42.3 Å². The largest absolute Gasteiger partial charge is 0.387 e. The summed E-state index contributed by atoms with van der Waals surface area (Å²) in [6.45, 7) is 3.80. The Hall–Kier alpha value is -1.88. The van der Waals surface area contributed by atoms with Gasteiger partial charge in [-0.15, -0.1) is 0 Å². The minimum atomic E-state index is -0.145. The standard InChI is InChI=1S/C15H18N2O3/c1-11-10-17(7-8-19-11)15(18)13-9-14(20-16-13)12-5-3-2-4-6-12/h2-6,11,14H,7-10H2,1H3. The van der Waals surface area contributed by atoms with Gasteiger partial charge in [-0.05, 0) is 12.5 Å². The smallest absolute Gasteiger partial charge is 0.271 e. The van der Waals surface area contributed by atoms with Crippen molar-refractivity contribution in [2.45, 2.75) is 25.6 Å². The zero-order valence-electron chi connectivity index (χ0n) is 11.5. The van der Waals surface area contributed by atoms with Gasteiger partial charge in [0.05, 0.1) is 12.7 Å². The molecule has 0 aromatic heterocycles. The lowest BCUT2D eigenvalue weighted by Gasteiger charge is -2.30. The molecule has 2 aliphatic rings. The van der Waals surface area contributed by atoms with Gasteiger partial charge in [-0.2, -0.15) is 0 Å². The number of rotatable bonds is 2. The first-order valence-electron chi connectivity index (χ1n) is 6.92. The van der Waals surface area contributed by atoms with Crippen LogP contribution in [0.3, 0.4) is 0 Å².